The number of hydrogen-bond donors (Lipinski definition) is 1. The van der Waals surface area contributed by atoms with Crippen LogP contribution < -0.4 is 4.72 Å². The van der Waals surface area contributed by atoms with E-state index in [1.54, 1.807) is 47.9 Å². The lowest BCUT2D eigenvalue weighted by molar-refractivity contribution is 0.345. The van der Waals surface area contributed by atoms with Crippen LogP contribution in [0.2, 0.25) is 0 Å². The average Bonchev–Trinajstić information content (AvgIpc) is 3.17. The molecule has 0 radical (unpaired) electrons. The maximum atomic E-state index is 13.0. The van der Waals surface area contributed by atoms with Gasteiger partial charge in [-0.25, -0.2) is 8.42 Å². The predicted molar refractivity (Wildman–Crippen MR) is 108 cm³/mol. The van der Waals surface area contributed by atoms with Gasteiger partial charge in [-0.15, -0.1) is 0 Å². The molecule has 3 heterocycles. The number of sulfonamides is 1. The molecule has 1 N–H and O–H groups in total. The predicted octanol–water partition coefficient (Wildman–Crippen LogP) is 2.89. The summed E-state index contributed by atoms with van der Waals surface area (Å²) in [4.78, 5) is 4.20. The molecular formula is C19H26N6O2S. The Morgan fingerprint density at radius 2 is 1.75 bits per heavy atom. The van der Waals surface area contributed by atoms with Gasteiger partial charge in [0.25, 0.3) is 10.0 Å². The number of hydrogen-bond acceptors (Lipinski definition) is 5. The van der Waals surface area contributed by atoms with Crippen LogP contribution in [-0.2, 0) is 28.5 Å². The molecule has 3 aromatic rings. The van der Waals surface area contributed by atoms with Crippen LogP contribution in [0, 0.1) is 13.8 Å². The highest BCUT2D eigenvalue weighted by atomic mass is 32.2. The second-order valence-electron chi connectivity index (χ2n) is 7.76. The van der Waals surface area contributed by atoms with Crippen molar-refractivity contribution in [2.75, 3.05) is 4.72 Å². The first-order chi connectivity index (χ1) is 13.1. The Kier molecular flexibility index (Phi) is 5.29. The molecule has 0 saturated carbocycles. The molecule has 150 valence electrons. The first kappa shape index (κ1) is 20.1. The Hall–Kier alpha value is -2.68. The van der Waals surface area contributed by atoms with Crippen molar-refractivity contribution in [3.8, 4) is 0 Å². The molecule has 0 aromatic carbocycles. The second-order valence-corrected chi connectivity index (χ2v) is 9.38. The summed E-state index contributed by atoms with van der Waals surface area (Å²) in [5.41, 5.74) is 1.91. The number of rotatable bonds is 6. The lowest BCUT2D eigenvalue weighted by atomic mass is 10.1. The van der Waals surface area contributed by atoms with Crippen LogP contribution in [0.3, 0.4) is 0 Å². The Balaban J connectivity index is 1.77. The smallest absolute Gasteiger partial charge is 0.266 e. The van der Waals surface area contributed by atoms with E-state index in [4.69, 9.17) is 0 Å². The highest BCUT2D eigenvalue weighted by Crippen LogP contribution is 2.26. The Labute approximate surface area is 165 Å². The van der Waals surface area contributed by atoms with Crippen molar-refractivity contribution in [3.63, 3.8) is 0 Å². The van der Waals surface area contributed by atoms with E-state index in [1.165, 1.54) is 0 Å². The second kappa shape index (κ2) is 7.38. The van der Waals surface area contributed by atoms with Crippen LogP contribution in [0.25, 0.3) is 0 Å². The first-order valence-electron chi connectivity index (χ1n) is 9.10. The zero-order valence-corrected chi connectivity index (χ0v) is 17.7. The fraction of sp³-hybridized carbons (Fsp3) is 0.421. The van der Waals surface area contributed by atoms with Gasteiger partial charge in [-0.2, -0.15) is 10.2 Å². The minimum absolute atomic E-state index is 0.203. The van der Waals surface area contributed by atoms with Gasteiger partial charge in [0.1, 0.15) is 4.90 Å². The molecule has 0 unspecified atom stereocenters. The van der Waals surface area contributed by atoms with Crippen LogP contribution in [0.4, 0.5) is 5.82 Å². The van der Waals surface area contributed by atoms with Crippen molar-refractivity contribution < 1.29 is 8.42 Å². The molecule has 8 nitrogen and oxygen atoms in total. The quantitative estimate of drug-likeness (QED) is 0.684. The number of aromatic nitrogens is 5. The Morgan fingerprint density at radius 3 is 2.36 bits per heavy atom. The van der Waals surface area contributed by atoms with E-state index in [2.05, 4.69) is 19.9 Å². The third kappa shape index (κ3) is 4.24. The van der Waals surface area contributed by atoms with Crippen molar-refractivity contribution in [2.24, 2.45) is 0 Å². The minimum atomic E-state index is -3.79. The largest absolute Gasteiger partial charge is 0.270 e. The topological polar surface area (TPSA) is 94.7 Å². The van der Waals surface area contributed by atoms with Crippen LogP contribution >= 0.6 is 0 Å². The molecule has 0 aliphatic heterocycles. The number of nitrogens with zero attached hydrogens (tertiary/aromatic N) is 5. The van der Waals surface area contributed by atoms with Gasteiger partial charge < -0.3 is 0 Å². The van der Waals surface area contributed by atoms with E-state index in [0.29, 0.717) is 17.9 Å². The summed E-state index contributed by atoms with van der Waals surface area (Å²) in [6.07, 6.45) is 6.05. The standard InChI is InChI=1S/C19H26N6O2S/c1-14-18(15(2)25(21-14)19(3,4)5)28(26,27)23-17-9-13-24(22-17)12-8-16-6-10-20-11-7-16/h6-7,9-11,13H,8,12H2,1-5H3,(H,22,23). The number of anilines is 1. The van der Waals surface area contributed by atoms with Gasteiger partial charge in [0.2, 0.25) is 0 Å². The van der Waals surface area contributed by atoms with Crippen LogP contribution in [0.15, 0.2) is 41.7 Å². The van der Waals surface area contributed by atoms with Crippen LogP contribution in [0.1, 0.15) is 37.7 Å². The molecule has 0 atom stereocenters. The van der Waals surface area contributed by atoms with Crippen molar-refractivity contribution in [3.05, 3.63) is 53.7 Å². The van der Waals surface area contributed by atoms with E-state index >= 15 is 0 Å². The molecule has 3 aromatic heterocycles. The fourth-order valence-electron chi connectivity index (χ4n) is 3.19. The van der Waals surface area contributed by atoms with Gasteiger partial charge in [-0.3, -0.25) is 19.1 Å². The van der Waals surface area contributed by atoms with E-state index in [-0.39, 0.29) is 16.3 Å². The normalized spacial score (nSPS) is 12.3. The van der Waals surface area contributed by atoms with Crippen molar-refractivity contribution in [1.82, 2.24) is 24.5 Å². The Morgan fingerprint density at radius 1 is 1.07 bits per heavy atom. The number of pyridine rings is 1. The van der Waals surface area contributed by atoms with Crippen LogP contribution in [0.5, 0.6) is 0 Å². The molecule has 0 spiro atoms. The van der Waals surface area contributed by atoms with Gasteiger partial charge >= 0.3 is 0 Å². The lowest BCUT2D eigenvalue weighted by Gasteiger charge is -2.21. The van der Waals surface area contributed by atoms with Gasteiger partial charge in [0.15, 0.2) is 5.82 Å². The van der Waals surface area contributed by atoms with Crippen molar-refractivity contribution in [2.45, 2.75) is 58.0 Å². The molecule has 0 aliphatic carbocycles. The summed E-state index contributed by atoms with van der Waals surface area (Å²) in [5.74, 6) is 0.289. The maximum absolute atomic E-state index is 13.0. The monoisotopic (exact) mass is 402 g/mol. The first-order valence-corrected chi connectivity index (χ1v) is 10.6. The lowest BCUT2D eigenvalue weighted by Crippen LogP contribution is -2.25. The molecule has 0 fully saturated rings. The van der Waals surface area contributed by atoms with E-state index in [9.17, 15) is 8.42 Å². The highest BCUT2D eigenvalue weighted by Gasteiger charge is 2.29. The molecule has 28 heavy (non-hydrogen) atoms. The summed E-state index contributed by atoms with van der Waals surface area (Å²) in [6, 6.07) is 5.56. The van der Waals surface area contributed by atoms with Crippen molar-refractivity contribution in [1.29, 1.82) is 0 Å². The molecule has 0 amide bonds. The summed E-state index contributed by atoms with van der Waals surface area (Å²) in [5, 5.41) is 8.76. The van der Waals surface area contributed by atoms with Gasteiger partial charge in [-0.1, -0.05) is 0 Å². The zero-order chi connectivity index (χ0) is 20.5. The summed E-state index contributed by atoms with van der Waals surface area (Å²) < 4.78 is 31.9. The van der Waals surface area contributed by atoms with Crippen molar-refractivity contribution >= 4 is 15.8 Å². The third-order valence-corrected chi connectivity index (χ3v) is 5.99. The molecule has 3 rings (SSSR count). The van der Waals surface area contributed by atoms with E-state index in [0.717, 1.165) is 12.0 Å². The fourth-order valence-corrected chi connectivity index (χ4v) is 4.58. The molecule has 0 bridgehead atoms. The molecule has 9 heteroatoms. The Bertz CT molecular complexity index is 1060. The SMILES string of the molecule is Cc1nn(C(C)(C)C)c(C)c1S(=O)(=O)Nc1ccn(CCc2ccncc2)n1. The number of aryl methyl sites for hydroxylation is 3. The molecule has 0 aliphatic rings. The zero-order valence-electron chi connectivity index (χ0n) is 16.8. The summed E-state index contributed by atoms with van der Waals surface area (Å²) in [7, 11) is -3.79. The minimum Gasteiger partial charge on any atom is -0.270 e. The van der Waals surface area contributed by atoms with Crippen LogP contribution in [-0.4, -0.2) is 33.0 Å². The van der Waals surface area contributed by atoms with Gasteiger partial charge in [0, 0.05) is 31.2 Å². The van der Waals surface area contributed by atoms with Gasteiger partial charge in [0.05, 0.1) is 16.9 Å². The molecule has 0 saturated heterocycles. The van der Waals surface area contributed by atoms with Gasteiger partial charge in [-0.05, 0) is 58.7 Å². The summed E-state index contributed by atoms with van der Waals surface area (Å²) in [6.45, 7) is 10.1. The van der Waals surface area contributed by atoms with E-state index < -0.39 is 10.0 Å². The highest BCUT2D eigenvalue weighted by molar-refractivity contribution is 7.92. The van der Waals surface area contributed by atoms with E-state index in [1.807, 2.05) is 32.9 Å². The average molecular weight is 403 g/mol. The molecular weight excluding hydrogens is 376 g/mol. The third-order valence-electron chi connectivity index (χ3n) is 4.39. The number of nitrogens with one attached hydrogen (secondary N) is 1. The summed E-state index contributed by atoms with van der Waals surface area (Å²) >= 11 is 0. The maximum Gasteiger partial charge on any atom is 0.266 e.